The Hall–Kier alpha value is -1.58. The highest BCUT2D eigenvalue weighted by molar-refractivity contribution is 5.84. The molecule has 2 aliphatic carbocycles. The summed E-state index contributed by atoms with van der Waals surface area (Å²) in [6.45, 7) is 15.8. The van der Waals surface area contributed by atoms with Crippen LogP contribution in [0.1, 0.15) is 106 Å². The number of amidine groups is 2. The van der Waals surface area contributed by atoms with Crippen molar-refractivity contribution < 1.29 is 0 Å². The third kappa shape index (κ3) is 3.66. The minimum absolute atomic E-state index is 0.405. The van der Waals surface area contributed by atoms with E-state index in [0.717, 1.165) is 0 Å². The predicted molar refractivity (Wildman–Crippen MR) is 135 cm³/mol. The van der Waals surface area contributed by atoms with Crippen molar-refractivity contribution in [1.29, 1.82) is 0 Å². The summed E-state index contributed by atoms with van der Waals surface area (Å²) in [5.74, 6) is 2.49. The van der Waals surface area contributed by atoms with Crippen LogP contribution < -0.4 is 0 Å². The zero-order chi connectivity index (χ0) is 22.7. The molecule has 176 valence electrons. The molecular weight excluding hydrogens is 392 g/mol. The van der Waals surface area contributed by atoms with Gasteiger partial charge in [-0.3, -0.25) is 9.98 Å². The second kappa shape index (κ2) is 8.02. The van der Waals surface area contributed by atoms with E-state index in [1.54, 1.807) is 11.4 Å². The van der Waals surface area contributed by atoms with Crippen molar-refractivity contribution in [2.75, 3.05) is 13.1 Å². The van der Waals surface area contributed by atoms with Gasteiger partial charge in [-0.05, 0) is 102 Å². The lowest BCUT2D eigenvalue weighted by molar-refractivity contribution is 0.311. The van der Waals surface area contributed by atoms with Gasteiger partial charge in [-0.25, -0.2) is 0 Å². The van der Waals surface area contributed by atoms with Crippen molar-refractivity contribution in [3.63, 3.8) is 0 Å². The van der Waals surface area contributed by atoms with Crippen molar-refractivity contribution in [3.8, 4) is 0 Å². The minimum Gasteiger partial charge on any atom is -0.334 e. The fourth-order valence-electron chi connectivity index (χ4n) is 7.49. The van der Waals surface area contributed by atoms with Gasteiger partial charge in [-0.15, -0.1) is 0 Å². The van der Waals surface area contributed by atoms with Gasteiger partial charge >= 0.3 is 0 Å². The number of rotatable bonds is 0. The van der Waals surface area contributed by atoms with Crippen LogP contribution in [0, 0.1) is 10.8 Å². The Morgan fingerprint density at radius 3 is 1.31 bits per heavy atom. The van der Waals surface area contributed by atoms with E-state index in [1.165, 1.54) is 100 Å². The van der Waals surface area contributed by atoms with Gasteiger partial charge in [0.1, 0.15) is 11.7 Å². The topological polar surface area (TPSA) is 31.2 Å². The average Bonchev–Trinajstić information content (AvgIpc) is 3.55. The molecule has 4 heteroatoms. The maximum Gasteiger partial charge on any atom is 0.101 e. The smallest absolute Gasteiger partial charge is 0.101 e. The molecule has 6 aliphatic rings. The first kappa shape index (κ1) is 22.2. The number of fused-ring (bicyclic) bond motifs is 2. The summed E-state index contributed by atoms with van der Waals surface area (Å²) in [6.07, 6.45) is 14.1. The Kier molecular flexibility index (Phi) is 5.57. The molecule has 0 aromatic rings. The molecule has 6 rings (SSSR count). The van der Waals surface area contributed by atoms with E-state index in [2.05, 4.69) is 51.3 Å². The highest BCUT2D eigenvalue weighted by Gasteiger charge is 2.46. The quantitative estimate of drug-likeness (QED) is 0.423. The Morgan fingerprint density at radius 2 is 0.969 bits per heavy atom. The number of hydrogen-bond donors (Lipinski definition) is 0. The largest absolute Gasteiger partial charge is 0.334 e. The van der Waals surface area contributed by atoms with E-state index in [0.29, 0.717) is 22.9 Å². The van der Waals surface area contributed by atoms with Crippen molar-refractivity contribution in [2.24, 2.45) is 20.8 Å². The molecule has 4 nitrogen and oxygen atoms in total. The number of allylic oxidation sites excluding steroid dienone is 2. The summed E-state index contributed by atoms with van der Waals surface area (Å²) >= 11 is 0. The van der Waals surface area contributed by atoms with Gasteiger partial charge in [-0.1, -0.05) is 25.7 Å². The molecule has 0 aromatic carbocycles. The van der Waals surface area contributed by atoms with E-state index in [4.69, 9.17) is 9.98 Å². The summed E-state index contributed by atoms with van der Waals surface area (Å²) in [5, 5.41) is 0. The molecule has 2 unspecified atom stereocenters. The molecule has 4 fully saturated rings. The second-order valence-corrected chi connectivity index (χ2v) is 11.9. The Labute approximate surface area is 195 Å². The zero-order valence-corrected chi connectivity index (χ0v) is 21.4. The van der Waals surface area contributed by atoms with Gasteiger partial charge in [0.05, 0.1) is 12.1 Å². The molecule has 2 atom stereocenters. The highest BCUT2D eigenvalue weighted by atomic mass is 15.3. The van der Waals surface area contributed by atoms with Crippen molar-refractivity contribution in [3.05, 3.63) is 22.5 Å². The molecule has 0 N–H and O–H groups in total. The molecule has 0 radical (unpaired) electrons. The van der Waals surface area contributed by atoms with Crippen LogP contribution in [0.25, 0.3) is 0 Å². The lowest BCUT2D eigenvalue weighted by Gasteiger charge is -2.29. The maximum atomic E-state index is 4.75. The Morgan fingerprint density at radius 1 is 0.625 bits per heavy atom. The molecular formula is C28H44N4. The summed E-state index contributed by atoms with van der Waals surface area (Å²) in [4.78, 5) is 14.5. The zero-order valence-electron chi connectivity index (χ0n) is 21.4. The Bertz CT molecular complexity index is 818. The first-order valence-electron chi connectivity index (χ1n) is 13.3. The van der Waals surface area contributed by atoms with E-state index in [9.17, 15) is 0 Å². The molecule has 32 heavy (non-hydrogen) atoms. The number of nitrogens with zero attached hydrogens (tertiary/aromatic N) is 4. The molecule has 2 saturated carbocycles. The fraction of sp³-hybridized carbons (Fsp3) is 0.786. The summed E-state index contributed by atoms with van der Waals surface area (Å²) in [5.41, 5.74) is 7.43. The molecule has 2 saturated heterocycles. The first-order chi connectivity index (χ1) is 15.2. The summed E-state index contributed by atoms with van der Waals surface area (Å²) in [6, 6.07) is 0.811. The van der Waals surface area contributed by atoms with Crippen molar-refractivity contribution in [1.82, 2.24) is 9.80 Å². The second-order valence-electron chi connectivity index (χ2n) is 11.9. The van der Waals surface area contributed by atoms with Gasteiger partial charge < -0.3 is 9.80 Å². The van der Waals surface area contributed by atoms with Crippen LogP contribution in [0.3, 0.4) is 0 Å². The van der Waals surface area contributed by atoms with Gasteiger partial charge in [0.25, 0.3) is 0 Å². The fourth-order valence-corrected chi connectivity index (χ4v) is 7.49. The molecule has 0 bridgehead atoms. The number of aliphatic imine (C=N–C) groups is 2. The van der Waals surface area contributed by atoms with E-state index in [1.807, 2.05) is 0 Å². The van der Waals surface area contributed by atoms with Gasteiger partial charge in [-0.2, -0.15) is 0 Å². The van der Waals surface area contributed by atoms with Gasteiger partial charge in [0, 0.05) is 24.5 Å². The standard InChI is InChI=1S/2C14H22N2/c2*1-10-11(2)15-12(3)16-9-14(8-13(10)16)6-4-5-7-14/h2*11H,4-9H2,1-3H3. The molecule has 4 heterocycles. The average molecular weight is 437 g/mol. The van der Waals surface area contributed by atoms with Crippen LogP contribution >= 0.6 is 0 Å². The predicted octanol–water partition coefficient (Wildman–Crippen LogP) is 6.69. The van der Waals surface area contributed by atoms with Crippen LogP contribution in [0.4, 0.5) is 0 Å². The third-order valence-corrected chi connectivity index (χ3v) is 9.76. The number of hydrogen-bond acceptors (Lipinski definition) is 4. The highest BCUT2D eigenvalue weighted by Crippen LogP contribution is 2.52. The molecule has 4 aliphatic heterocycles. The first-order valence-corrected chi connectivity index (χ1v) is 13.3. The van der Waals surface area contributed by atoms with Crippen molar-refractivity contribution in [2.45, 2.75) is 118 Å². The minimum atomic E-state index is 0.405. The van der Waals surface area contributed by atoms with Crippen LogP contribution in [-0.2, 0) is 0 Å². The van der Waals surface area contributed by atoms with Crippen LogP contribution in [0.2, 0.25) is 0 Å². The van der Waals surface area contributed by atoms with E-state index < -0.39 is 0 Å². The molecule has 2 spiro atoms. The van der Waals surface area contributed by atoms with Crippen LogP contribution in [0.15, 0.2) is 32.5 Å². The monoisotopic (exact) mass is 436 g/mol. The lowest BCUT2D eigenvalue weighted by Crippen LogP contribution is -2.33. The third-order valence-electron chi connectivity index (χ3n) is 9.76. The van der Waals surface area contributed by atoms with Gasteiger partial charge in [0.15, 0.2) is 0 Å². The normalized spacial score (nSPS) is 32.3. The summed E-state index contributed by atoms with van der Waals surface area (Å²) in [7, 11) is 0. The lowest BCUT2D eigenvalue weighted by atomic mass is 9.84. The molecule has 0 amide bonds. The van der Waals surface area contributed by atoms with Gasteiger partial charge in [0.2, 0.25) is 0 Å². The van der Waals surface area contributed by atoms with Crippen molar-refractivity contribution >= 4 is 11.7 Å². The van der Waals surface area contributed by atoms with Crippen LogP contribution in [-0.4, -0.2) is 46.6 Å². The Balaban J connectivity index is 0.000000135. The summed E-state index contributed by atoms with van der Waals surface area (Å²) < 4.78 is 0. The molecule has 0 aromatic heterocycles. The van der Waals surface area contributed by atoms with E-state index in [-0.39, 0.29) is 0 Å². The van der Waals surface area contributed by atoms with Crippen LogP contribution in [0.5, 0.6) is 0 Å². The maximum absolute atomic E-state index is 4.75. The van der Waals surface area contributed by atoms with E-state index >= 15 is 0 Å². The SMILES string of the molecule is CC1=NC(C)C(C)=C2CC3(CCCC3)CN12.CC1=NC(C)C(C)=C2CC3(CCCC3)CN12.